The van der Waals surface area contributed by atoms with Crippen molar-refractivity contribution in [1.82, 2.24) is 0 Å². The van der Waals surface area contributed by atoms with Crippen LogP contribution in [0.1, 0.15) is 0 Å². The van der Waals surface area contributed by atoms with E-state index in [1.165, 1.54) is 0 Å². The second-order valence-electron chi connectivity index (χ2n) is 0.654. The first kappa shape index (κ1) is 9.99. The van der Waals surface area contributed by atoms with Gasteiger partial charge in [-0.2, -0.15) is 0 Å². The van der Waals surface area contributed by atoms with Gasteiger partial charge >= 0.3 is 5.97 Å². The SMILES string of the molecule is O=C(O)CO.[C]=C=O. The molecule has 0 atom stereocenters. The molecule has 0 aromatic carbocycles. The Bertz CT molecular complexity index is 90.2. The lowest BCUT2D eigenvalue weighted by atomic mass is 10.8. The van der Waals surface area contributed by atoms with Gasteiger partial charge in [0.15, 0.2) is 0 Å². The minimum atomic E-state index is -1.19. The molecule has 0 spiro atoms. The predicted molar refractivity (Wildman–Crippen MR) is 23.7 cm³/mol. The molecule has 0 bridgehead atoms. The maximum absolute atomic E-state index is 9.12. The Balaban J connectivity index is 0. The smallest absolute Gasteiger partial charge is 0.329 e. The standard InChI is InChI=1S/C2H4O3.C2O/c3-1-2(4)5;1-2-3/h3H,1H2,(H,4,5);. The van der Waals surface area contributed by atoms with Gasteiger partial charge < -0.3 is 10.2 Å². The van der Waals surface area contributed by atoms with Crippen molar-refractivity contribution in [3.8, 4) is 0 Å². The van der Waals surface area contributed by atoms with Gasteiger partial charge in [0.25, 0.3) is 0 Å². The molecule has 0 aliphatic rings. The first-order chi connectivity index (χ1) is 3.68. The van der Waals surface area contributed by atoms with Crippen molar-refractivity contribution in [2.24, 2.45) is 0 Å². The Morgan fingerprint density at radius 2 is 1.88 bits per heavy atom. The summed E-state index contributed by atoms with van der Waals surface area (Å²) in [5.41, 5.74) is 0. The van der Waals surface area contributed by atoms with Crippen LogP contribution in [0.15, 0.2) is 0 Å². The number of carboxylic acids is 1. The van der Waals surface area contributed by atoms with Crippen LogP contribution in [0.2, 0.25) is 0 Å². The topological polar surface area (TPSA) is 74.6 Å². The lowest BCUT2D eigenvalue weighted by Gasteiger charge is -1.72. The van der Waals surface area contributed by atoms with Crippen molar-refractivity contribution < 1.29 is 19.8 Å². The Hall–Kier alpha value is -1.12. The van der Waals surface area contributed by atoms with E-state index in [2.05, 4.69) is 0 Å². The third-order valence-corrected chi connectivity index (χ3v) is 0.135. The normalized spacial score (nSPS) is 5.62. The highest BCUT2D eigenvalue weighted by molar-refractivity contribution is 5.67. The summed E-state index contributed by atoms with van der Waals surface area (Å²) in [6, 6.07) is 0. The average Bonchev–Trinajstić information content (AvgIpc) is 1.69. The lowest BCUT2D eigenvalue weighted by Crippen LogP contribution is -1.98. The van der Waals surface area contributed by atoms with E-state index < -0.39 is 12.6 Å². The maximum atomic E-state index is 9.12. The largest absolute Gasteiger partial charge is 0.480 e. The van der Waals surface area contributed by atoms with Crippen LogP contribution in [0.5, 0.6) is 0 Å². The summed E-state index contributed by atoms with van der Waals surface area (Å²) >= 11 is 0. The van der Waals surface area contributed by atoms with Crippen molar-refractivity contribution >= 4 is 11.9 Å². The Morgan fingerprint density at radius 1 is 1.75 bits per heavy atom. The summed E-state index contributed by atoms with van der Waals surface area (Å²) in [5, 5.41) is 15.0. The molecule has 0 aromatic heterocycles. The molecular formula is C4H4O4. The molecule has 4 nitrogen and oxygen atoms in total. The monoisotopic (exact) mass is 116 g/mol. The summed E-state index contributed by atoms with van der Waals surface area (Å²) in [6.45, 7) is 4.62. The average molecular weight is 116 g/mol. The van der Waals surface area contributed by atoms with Crippen molar-refractivity contribution in [2.75, 3.05) is 6.61 Å². The second-order valence-corrected chi connectivity index (χ2v) is 0.654. The van der Waals surface area contributed by atoms with Gasteiger partial charge in [0, 0.05) is 0 Å². The molecule has 0 aliphatic heterocycles. The minimum absolute atomic E-state index is 0.750. The molecule has 0 amide bonds. The third kappa shape index (κ3) is 94.9. The maximum Gasteiger partial charge on any atom is 0.329 e. The van der Waals surface area contributed by atoms with Crippen LogP contribution in [0.25, 0.3) is 0 Å². The van der Waals surface area contributed by atoms with Crippen LogP contribution in [-0.2, 0) is 9.59 Å². The summed E-state index contributed by atoms with van der Waals surface area (Å²) in [5.74, 6) is -0.440. The van der Waals surface area contributed by atoms with E-state index in [0.717, 1.165) is 5.94 Å². The quantitative estimate of drug-likeness (QED) is 0.419. The van der Waals surface area contributed by atoms with Crippen molar-refractivity contribution in [1.29, 1.82) is 0 Å². The molecule has 2 N–H and O–H groups in total. The van der Waals surface area contributed by atoms with Crippen LogP contribution >= 0.6 is 0 Å². The van der Waals surface area contributed by atoms with Crippen LogP contribution in [0.3, 0.4) is 0 Å². The van der Waals surface area contributed by atoms with Gasteiger partial charge in [-0.3, -0.25) is 0 Å². The fraction of sp³-hybridized carbons (Fsp3) is 0.250. The highest BCUT2D eigenvalue weighted by Crippen LogP contribution is 1.48. The van der Waals surface area contributed by atoms with Gasteiger partial charge in [-0.25, -0.2) is 9.59 Å². The highest BCUT2D eigenvalue weighted by Gasteiger charge is 1.82. The van der Waals surface area contributed by atoms with Crippen LogP contribution in [0, 0.1) is 6.58 Å². The number of rotatable bonds is 1. The van der Waals surface area contributed by atoms with Gasteiger partial charge in [-0.1, -0.05) is 0 Å². The lowest BCUT2D eigenvalue weighted by molar-refractivity contribution is -0.140. The Labute approximate surface area is 46.1 Å². The van der Waals surface area contributed by atoms with E-state index in [0.29, 0.717) is 0 Å². The fourth-order valence-corrected chi connectivity index (χ4v) is 0. The summed E-state index contributed by atoms with van der Waals surface area (Å²) in [4.78, 5) is 17.5. The molecule has 0 aromatic rings. The van der Waals surface area contributed by atoms with Crippen LogP contribution in [0.4, 0.5) is 0 Å². The molecule has 0 rings (SSSR count). The summed E-state index contributed by atoms with van der Waals surface area (Å²) in [7, 11) is 0. The van der Waals surface area contributed by atoms with E-state index in [4.69, 9.17) is 26.4 Å². The number of hydrogen-bond acceptors (Lipinski definition) is 3. The zero-order valence-electron chi connectivity index (χ0n) is 3.92. The molecule has 0 heterocycles. The highest BCUT2D eigenvalue weighted by atomic mass is 16.4. The molecule has 4 heteroatoms. The van der Waals surface area contributed by atoms with Gasteiger partial charge in [-0.15, -0.1) is 0 Å². The minimum Gasteiger partial charge on any atom is -0.480 e. The molecule has 0 saturated carbocycles. The van der Waals surface area contributed by atoms with Crippen LogP contribution < -0.4 is 0 Å². The molecule has 8 heavy (non-hydrogen) atoms. The number of hydrogen-bond donors (Lipinski definition) is 2. The van der Waals surface area contributed by atoms with E-state index in [1.54, 1.807) is 0 Å². The van der Waals surface area contributed by atoms with E-state index in [-0.39, 0.29) is 0 Å². The first-order valence-corrected chi connectivity index (χ1v) is 1.55. The zero-order valence-corrected chi connectivity index (χ0v) is 3.92. The molecule has 0 aliphatic carbocycles. The van der Waals surface area contributed by atoms with Gasteiger partial charge in [0.1, 0.15) is 12.5 Å². The number of carbonyl (C=O) groups excluding carboxylic acids is 1. The van der Waals surface area contributed by atoms with Crippen molar-refractivity contribution in [3.05, 3.63) is 6.58 Å². The van der Waals surface area contributed by atoms with Crippen LogP contribution in [-0.4, -0.2) is 28.7 Å². The molecular weight excluding hydrogens is 112 g/mol. The molecule has 44 valence electrons. The van der Waals surface area contributed by atoms with E-state index in [1.807, 2.05) is 0 Å². The zero-order chi connectivity index (χ0) is 6.99. The van der Waals surface area contributed by atoms with Crippen molar-refractivity contribution in [3.63, 3.8) is 0 Å². The molecule has 0 fully saturated rings. The van der Waals surface area contributed by atoms with Gasteiger partial charge in [-0.05, 0) is 0 Å². The van der Waals surface area contributed by atoms with E-state index in [9.17, 15) is 0 Å². The number of aliphatic carboxylic acids is 1. The Kier molecular flexibility index (Phi) is 11.6. The van der Waals surface area contributed by atoms with Gasteiger partial charge in [0.2, 0.25) is 0 Å². The third-order valence-electron chi connectivity index (χ3n) is 0.135. The number of carbonyl (C=O) groups is 1. The van der Waals surface area contributed by atoms with Crippen molar-refractivity contribution in [2.45, 2.75) is 0 Å². The molecule has 0 saturated heterocycles. The summed E-state index contributed by atoms with van der Waals surface area (Å²) in [6.07, 6.45) is 0. The Morgan fingerprint density at radius 3 is 1.88 bits per heavy atom. The number of aliphatic hydroxyl groups is 1. The van der Waals surface area contributed by atoms with E-state index >= 15 is 0 Å². The van der Waals surface area contributed by atoms with Gasteiger partial charge in [0.05, 0.1) is 6.58 Å². The first-order valence-electron chi connectivity index (χ1n) is 1.55. The summed E-state index contributed by atoms with van der Waals surface area (Å²) < 4.78 is 0. The predicted octanol–water partition coefficient (Wildman–Crippen LogP) is -1.25. The second kappa shape index (κ2) is 9.30. The molecule has 0 unspecified atom stereocenters. The fourth-order valence-electron chi connectivity index (χ4n) is 0. The molecule has 2 radical (unpaired) electrons. The number of carboxylic acid groups (broad SMARTS) is 1. The number of aliphatic hydroxyl groups excluding tert-OH is 1.